The summed E-state index contributed by atoms with van der Waals surface area (Å²) < 4.78 is 5.37. The number of hydrogen-bond donors (Lipinski definition) is 1. The maximum Gasteiger partial charge on any atom is 0.335 e. The summed E-state index contributed by atoms with van der Waals surface area (Å²) in [4.78, 5) is 10.9. The van der Waals surface area contributed by atoms with E-state index in [-0.39, 0.29) is 0 Å². The van der Waals surface area contributed by atoms with Crippen molar-refractivity contribution in [1.82, 2.24) is 0 Å². The molecule has 0 amide bonds. The molecule has 27 heavy (non-hydrogen) atoms. The van der Waals surface area contributed by atoms with Gasteiger partial charge in [0.25, 0.3) is 0 Å². The standard InChI is InChI=1S/C24H40O3/c1-4-5-6-7-8-9-10-11-12-13-14-15-16-17-18-19-20-21-22-27-24(2,3)23(25)26/h8-9,11-12,14-15,17-18H,4-7,10,13,16,19-22H2,1-3H3,(H,25,26)/b9-8-,12-11-,15-14-,18-17-. The summed E-state index contributed by atoms with van der Waals surface area (Å²) >= 11 is 0. The van der Waals surface area contributed by atoms with E-state index in [4.69, 9.17) is 9.84 Å². The Morgan fingerprint density at radius 3 is 1.67 bits per heavy atom. The quantitative estimate of drug-likeness (QED) is 0.219. The van der Waals surface area contributed by atoms with E-state index in [1.54, 1.807) is 13.8 Å². The van der Waals surface area contributed by atoms with Crippen molar-refractivity contribution >= 4 is 5.97 Å². The van der Waals surface area contributed by atoms with Gasteiger partial charge in [-0.25, -0.2) is 4.79 Å². The fourth-order valence-corrected chi connectivity index (χ4v) is 2.31. The molecule has 0 fully saturated rings. The maximum atomic E-state index is 10.9. The zero-order chi connectivity index (χ0) is 20.2. The molecule has 0 aliphatic rings. The van der Waals surface area contributed by atoms with Crippen LogP contribution in [0.4, 0.5) is 0 Å². The van der Waals surface area contributed by atoms with Crippen LogP contribution in [0.1, 0.15) is 85.0 Å². The van der Waals surface area contributed by atoms with E-state index in [1.807, 2.05) is 0 Å². The SMILES string of the molecule is CCCCC/C=C\C/C=C\C/C=C\C/C=C\CCCCOC(C)(C)C(=O)O. The van der Waals surface area contributed by atoms with Crippen molar-refractivity contribution in [2.75, 3.05) is 6.61 Å². The predicted octanol–water partition coefficient (Wildman–Crippen LogP) is 7.01. The number of ether oxygens (including phenoxy) is 1. The minimum atomic E-state index is -1.08. The highest BCUT2D eigenvalue weighted by atomic mass is 16.5. The molecule has 0 rings (SSSR count). The molecule has 0 aromatic heterocycles. The molecular weight excluding hydrogens is 336 g/mol. The molecule has 0 unspecified atom stereocenters. The van der Waals surface area contributed by atoms with Crippen molar-refractivity contribution in [3.8, 4) is 0 Å². The average Bonchev–Trinajstić information content (AvgIpc) is 2.63. The van der Waals surface area contributed by atoms with Crippen LogP contribution in [0.15, 0.2) is 48.6 Å². The number of aliphatic carboxylic acids is 1. The van der Waals surface area contributed by atoms with Crippen LogP contribution in [0.5, 0.6) is 0 Å². The van der Waals surface area contributed by atoms with Crippen LogP contribution in [0.2, 0.25) is 0 Å². The highest BCUT2D eigenvalue weighted by Gasteiger charge is 2.27. The Morgan fingerprint density at radius 1 is 0.778 bits per heavy atom. The molecule has 3 heteroatoms. The molecule has 0 heterocycles. The van der Waals surface area contributed by atoms with Crippen LogP contribution in [0.25, 0.3) is 0 Å². The number of carboxylic acids is 1. The van der Waals surface area contributed by atoms with E-state index in [9.17, 15) is 4.79 Å². The van der Waals surface area contributed by atoms with Crippen LogP contribution in [-0.2, 0) is 9.53 Å². The number of hydrogen-bond acceptors (Lipinski definition) is 2. The molecule has 0 aromatic rings. The highest BCUT2D eigenvalue weighted by Crippen LogP contribution is 2.10. The Hall–Kier alpha value is -1.61. The van der Waals surface area contributed by atoms with Crippen LogP contribution in [0.3, 0.4) is 0 Å². The van der Waals surface area contributed by atoms with Gasteiger partial charge in [0, 0.05) is 6.61 Å². The number of carboxylic acid groups (broad SMARTS) is 1. The lowest BCUT2D eigenvalue weighted by atomic mass is 10.1. The van der Waals surface area contributed by atoms with Gasteiger partial charge in [-0.05, 0) is 65.2 Å². The second kappa shape index (κ2) is 17.8. The summed E-state index contributed by atoms with van der Waals surface area (Å²) in [5.74, 6) is -0.914. The van der Waals surface area contributed by atoms with E-state index in [1.165, 1.54) is 25.7 Å². The normalized spacial score (nSPS) is 13.0. The Kier molecular flexibility index (Phi) is 16.7. The molecule has 0 radical (unpaired) electrons. The monoisotopic (exact) mass is 376 g/mol. The van der Waals surface area contributed by atoms with E-state index < -0.39 is 11.6 Å². The van der Waals surface area contributed by atoms with Gasteiger partial charge in [-0.15, -0.1) is 0 Å². The van der Waals surface area contributed by atoms with Gasteiger partial charge in [-0.2, -0.15) is 0 Å². The first-order chi connectivity index (χ1) is 13.0. The van der Waals surface area contributed by atoms with Crippen molar-refractivity contribution in [2.24, 2.45) is 0 Å². The Bertz CT molecular complexity index is 470. The van der Waals surface area contributed by atoms with Crippen molar-refractivity contribution in [3.05, 3.63) is 48.6 Å². The van der Waals surface area contributed by atoms with Gasteiger partial charge in [0.1, 0.15) is 0 Å². The molecule has 0 aliphatic heterocycles. The Morgan fingerprint density at radius 2 is 1.22 bits per heavy atom. The zero-order valence-electron chi connectivity index (χ0n) is 17.7. The van der Waals surface area contributed by atoms with Gasteiger partial charge < -0.3 is 9.84 Å². The minimum absolute atomic E-state index is 0.493. The molecule has 3 nitrogen and oxygen atoms in total. The van der Waals surface area contributed by atoms with E-state index >= 15 is 0 Å². The maximum absolute atomic E-state index is 10.9. The van der Waals surface area contributed by atoms with Gasteiger partial charge in [0.2, 0.25) is 0 Å². The molecule has 0 bridgehead atoms. The first-order valence-corrected chi connectivity index (χ1v) is 10.5. The van der Waals surface area contributed by atoms with E-state index in [0.717, 1.165) is 38.5 Å². The molecule has 154 valence electrons. The smallest absolute Gasteiger partial charge is 0.335 e. The van der Waals surface area contributed by atoms with Crippen LogP contribution in [0, 0.1) is 0 Å². The summed E-state index contributed by atoms with van der Waals surface area (Å²) in [5, 5.41) is 8.94. The van der Waals surface area contributed by atoms with Crippen molar-refractivity contribution in [2.45, 2.75) is 90.6 Å². The first kappa shape index (κ1) is 25.4. The third-order valence-electron chi connectivity index (χ3n) is 4.20. The summed E-state index contributed by atoms with van der Waals surface area (Å²) in [6, 6.07) is 0. The largest absolute Gasteiger partial charge is 0.479 e. The first-order valence-electron chi connectivity index (χ1n) is 10.5. The minimum Gasteiger partial charge on any atom is -0.479 e. The Labute approximate surface area is 166 Å². The number of allylic oxidation sites excluding steroid dienone is 8. The van der Waals surface area contributed by atoms with E-state index in [0.29, 0.717) is 6.61 Å². The van der Waals surface area contributed by atoms with Crippen molar-refractivity contribution in [3.63, 3.8) is 0 Å². The third kappa shape index (κ3) is 17.6. The molecule has 0 atom stereocenters. The molecule has 0 saturated heterocycles. The highest BCUT2D eigenvalue weighted by molar-refractivity contribution is 5.76. The topological polar surface area (TPSA) is 46.5 Å². The third-order valence-corrected chi connectivity index (χ3v) is 4.20. The molecule has 1 N–H and O–H groups in total. The lowest BCUT2D eigenvalue weighted by Gasteiger charge is -2.19. The van der Waals surface area contributed by atoms with Gasteiger partial charge in [0.05, 0.1) is 0 Å². The van der Waals surface area contributed by atoms with Gasteiger partial charge in [0.15, 0.2) is 5.60 Å². The lowest BCUT2D eigenvalue weighted by molar-refractivity contribution is -0.161. The predicted molar refractivity (Wildman–Crippen MR) is 116 cm³/mol. The second-order valence-corrected chi connectivity index (χ2v) is 7.25. The molecule has 0 spiro atoms. The van der Waals surface area contributed by atoms with Gasteiger partial charge in [-0.3, -0.25) is 0 Å². The fraction of sp³-hybridized carbons (Fsp3) is 0.625. The summed E-state index contributed by atoms with van der Waals surface area (Å²) in [6.07, 6.45) is 28.8. The zero-order valence-corrected chi connectivity index (χ0v) is 17.7. The summed E-state index contributed by atoms with van der Waals surface area (Å²) in [7, 11) is 0. The van der Waals surface area contributed by atoms with Crippen molar-refractivity contribution in [1.29, 1.82) is 0 Å². The Balaban J connectivity index is 3.50. The van der Waals surface area contributed by atoms with Crippen LogP contribution >= 0.6 is 0 Å². The summed E-state index contributed by atoms with van der Waals surface area (Å²) in [6.45, 7) is 5.90. The van der Waals surface area contributed by atoms with Crippen molar-refractivity contribution < 1.29 is 14.6 Å². The second-order valence-electron chi connectivity index (χ2n) is 7.25. The number of carbonyl (C=O) groups is 1. The molecule has 0 aromatic carbocycles. The van der Waals surface area contributed by atoms with E-state index in [2.05, 4.69) is 55.5 Å². The van der Waals surface area contributed by atoms with Gasteiger partial charge in [-0.1, -0.05) is 68.4 Å². The molecule has 0 saturated carbocycles. The summed E-state index contributed by atoms with van der Waals surface area (Å²) in [5.41, 5.74) is -1.08. The number of rotatable bonds is 17. The number of unbranched alkanes of at least 4 members (excludes halogenated alkanes) is 5. The van der Waals surface area contributed by atoms with Crippen LogP contribution < -0.4 is 0 Å². The molecular formula is C24H40O3. The fourth-order valence-electron chi connectivity index (χ4n) is 2.31. The average molecular weight is 377 g/mol. The van der Waals surface area contributed by atoms with Gasteiger partial charge >= 0.3 is 5.97 Å². The molecule has 0 aliphatic carbocycles. The lowest BCUT2D eigenvalue weighted by Crippen LogP contribution is -2.34. The van der Waals surface area contributed by atoms with Crippen LogP contribution in [-0.4, -0.2) is 23.3 Å².